The maximum Gasteiger partial charge on any atom is 0.363 e. The highest BCUT2D eigenvalue weighted by Gasteiger charge is 2.54. The van der Waals surface area contributed by atoms with E-state index in [4.69, 9.17) is 16.0 Å². The Balaban J connectivity index is 2.20. The minimum atomic E-state index is -4.75. The van der Waals surface area contributed by atoms with Crippen LogP contribution in [0.2, 0.25) is 0 Å². The summed E-state index contributed by atoms with van der Waals surface area (Å²) in [6.45, 7) is 0.212. The first-order valence-electron chi connectivity index (χ1n) is 6.96. The molecule has 12 nitrogen and oxygen atoms in total. The average molecular weight is 424 g/mol. The normalized spacial score (nSPS) is 20.7. The Bertz CT molecular complexity index is 824. The van der Waals surface area contributed by atoms with E-state index in [1.807, 2.05) is 0 Å². The Hall–Kier alpha value is -1.94. The highest BCUT2D eigenvalue weighted by Crippen LogP contribution is 2.32. The fraction of sp³-hybridized carbons (Fsp3) is 0.455. The molecule has 6 N–H and O–H groups in total. The predicted octanol–water partition coefficient (Wildman–Crippen LogP) is -1.78. The van der Waals surface area contributed by atoms with E-state index in [0.29, 0.717) is 5.75 Å². The van der Waals surface area contributed by atoms with Gasteiger partial charge in [-0.1, -0.05) is 5.16 Å². The summed E-state index contributed by atoms with van der Waals surface area (Å²) in [7, 11) is -3.53. The molecule has 0 aromatic carbocycles. The number of anilines is 1. The van der Waals surface area contributed by atoms with E-state index in [-0.39, 0.29) is 27.4 Å². The van der Waals surface area contributed by atoms with Crippen LogP contribution in [0.5, 0.6) is 0 Å². The topological polar surface area (TPSA) is 190 Å². The molecule has 0 unspecified atom stereocenters. The third-order valence-corrected chi connectivity index (χ3v) is 6.11. The van der Waals surface area contributed by atoms with Gasteiger partial charge in [0.2, 0.25) is 0 Å². The van der Waals surface area contributed by atoms with E-state index in [2.05, 4.69) is 20.3 Å². The van der Waals surface area contributed by atoms with Crippen molar-refractivity contribution in [3.8, 4) is 0 Å². The second kappa shape index (κ2) is 8.17. The number of nitrogens with zero attached hydrogens (tertiary/aromatic N) is 3. The Morgan fingerprint density at radius 2 is 2.31 bits per heavy atom. The summed E-state index contributed by atoms with van der Waals surface area (Å²) < 4.78 is 32.1. The lowest BCUT2D eigenvalue weighted by atomic mass is 10.1. The Morgan fingerprint density at radius 1 is 1.62 bits per heavy atom. The smallest absolute Gasteiger partial charge is 0.363 e. The van der Waals surface area contributed by atoms with Crippen molar-refractivity contribution >= 4 is 56.1 Å². The first-order chi connectivity index (χ1) is 12.2. The number of thioether (sulfide) groups is 1. The van der Waals surface area contributed by atoms with Gasteiger partial charge in [-0.15, -0.1) is 23.1 Å². The SMILES string of the molecule is CON=C(C(=O)N[C@@H]1C(=O)N(S(=O)(=O)O)[C@@H]1SCCN)c1csc(N)n1. The Labute approximate surface area is 156 Å². The maximum absolute atomic E-state index is 12.5. The van der Waals surface area contributed by atoms with Crippen molar-refractivity contribution in [2.45, 2.75) is 11.4 Å². The molecular formula is C11H16N6O6S3. The maximum atomic E-state index is 12.5. The molecule has 1 saturated heterocycles. The fourth-order valence-electron chi connectivity index (χ4n) is 2.07. The molecular weight excluding hydrogens is 408 g/mol. The fourth-order valence-corrected chi connectivity index (χ4v) is 4.85. The summed E-state index contributed by atoms with van der Waals surface area (Å²) in [6, 6.07) is -1.20. The summed E-state index contributed by atoms with van der Waals surface area (Å²) in [5.41, 5.74) is 10.8. The second-order valence-corrected chi connectivity index (χ2v) is 8.21. The van der Waals surface area contributed by atoms with Crippen LogP contribution in [0, 0.1) is 0 Å². The van der Waals surface area contributed by atoms with Crippen LogP contribution in [0.4, 0.5) is 5.13 Å². The number of carbonyl (C=O) groups is 2. The summed E-state index contributed by atoms with van der Waals surface area (Å²) >= 11 is 2.07. The van der Waals surface area contributed by atoms with Crippen LogP contribution >= 0.6 is 23.1 Å². The van der Waals surface area contributed by atoms with Crippen LogP contribution in [0.3, 0.4) is 0 Å². The molecule has 0 aliphatic carbocycles. The molecule has 2 amide bonds. The molecule has 2 atom stereocenters. The average Bonchev–Trinajstić information content (AvgIpc) is 2.98. The van der Waals surface area contributed by atoms with Gasteiger partial charge in [0.15, 0.2) is 10.8 Å². The van der Waals surface area contributed by atoms with Crippen LogP contribution in [0.25, 0.3) is 0 Å². The van der Waals surface area contributed by atoms with Gasteiger partial charge in [0.1, 0.15) is 24.2 Å². The van der Waals surface area contributed by atoms with Crippen LogP contribution < -0.4 is 16.8 Å². The van der Waals surface area contributed by atoms with Crippen molar-refractivity contribution in [2.24, 2.45) is 10.9 Å². The van der Waals surface area contributed by atoms with Crippen molar-refractivity contribution in [3.05, 3.63) is 11.1 Å². The van der Waals surface area contributed by atoms with Crippen molar-refractivity contribution in [3.63, 3.8) is 0 Å². The number of carbonyl (C=O) groups excluding carboxylic acids is 2. The van der Waals surface area contributed by atoms with Gasteiger partial charge in [-0.3, -0.25) is 14.1 Å². The zero-order chi connectivity index (χ0) is 19.5. The third kappa shape index (κ3) is 4.24. The Kier molecular flexibility index (Phi) is 6.40. The molecule has 144 valence electrons. The van der Waals surface area contributed by atoms with Crippen molar-refractivity contribution < 1.29 is 27.4 Å². The molecule has 0 saturated carbocycles. The van der Waals surface area contributed by atoms with Gasteiger partial charge in [-0.25, -0.2) is 4.98 Å². The van der Waals surface area contributed by atoms with Gasteiger partial charge in [0.05, 0.1) is 0 Å². The summed E-state index contributed by atoms with van der Waals surface area (Å²) in [6.07, 6.45) is 0. The molecule has 1 aliphatic heterocycles. The predicted molar refractivity (Wildman–Crippen MR) is 95.7 cm³/mol. The second-order valence-electron chi connectivity index (χ2n) is 4.81. The minimum absolute atomic E-state index is 0.136. The number of β-lactam (4-membered cyclic amide) rings is 1. The molecule has 1 aromatic heterocycles. The van der Waals surface area contributed by atoms with Crippen LogP contribution in [0.1, 0.15) is 5.69 Å². The van der Waals surface area contributed by atoms with Crippen molar-refractivity contribution in [1.82, 2.24) is 14.6 Å². The molecule has 2 heterocycles. The van der Waals surface area contributed by atoms with Crippen molar-refractivity contribution in [2.75, 3.05) is 25.1 Å². The molecule has 1 aliphatic rings. The zero-order valence-electron chi connectivity index (χ0n) is 13.4. The molecule has 0 bridgehead atoms. The standard InChI is InChI=1S/C11H16N6O6S3/c1-23-16-6(5-4-25-11(13)14-5)8(18)15-7-9(19)17(26(20,21)22)10(7)24-3-2-12/h4,7,10H,2-3,12H2,1H3,(H2,13,14)(H,15,18)(H,20,21,22)/t7-,10-/m1/s1. The summed E-state index contributed by atoms with van der Waals surface area (Å²) in [4.78, 5) is 33.0. The lowest BCUT2D eigenvalue weighted by Gasteiger charge is -2.43. The van der Waals surface area contributed by atoms with E-state index in [1.54, 1.807) is 0 Å². The largest absolute Gasteiger partial charge is 0.398 e. The number of nitrogens with two attached hydrogens (primary N) is 2. The zero-order valence-corrected chi connectivity index (χ0v) is 15.8. The molecule has 0 spiro atoms. The number of nitrogens with one attached hydrogen (secondary N) is 1. The number of hydrogen-bond acceptors (Lipinski definition) is 11. The van der Waals surface area contributed by atoms with E-state index in [0.717, 1.165) is 23.1 Å². The van der Waals surface area contributed by atoms with Gasteiger partial charge in [0.25, 0.3) is 11.8 Å². The van der Waals surface area contributed by atoms with Crippen LogP contribution in [-0.2, 0) is 24.7 Å². The number of oxime groups is 1. The number of amides is 2. The number of rotatable bonds is 8. The Morgan fingerprint density at radius 3 is 2.81 bits per heavy atom. The van der Waals surface area contributed by atoms with E-state index in [9.17, 15) is 18.0 Å². The quantitative estimate of drug-likeness (QED) is 0.161. The molecule has 1 aromatic rings. The summed E-state index contributed by atoms with van der Waals surface area (Å²) in [5, 5.41) is 6.58. The minimum Gasteiger partial charge on any atom is -0.398 e. The van der Waals surface area contributed by atoms with Gasteiger partial charge in [0, 0.05) is 17.7 Å². The molecule has 26 heavy (non-hydrogen) atoms. The molecule has 0 radical (unpaired) electrons. The highest BCUT2D eigenvalue weighted by molar-refractivity contribution is 8.00. The molecule has 2 rings (SSSR count). The first kappa shape index (κ1) is 20.4. The number of nitrogen functional groups attached to an aromatic ring is 1. The van der Waals surface area contributed by atoms with E-state index in [1.165, 1.54) is 12.5 Å². The van der Waals surface area contributed by atoms with E-state index < -0.39 is 33.5 Å². The van der Waals surface area contributed by atoms with Gasteiger partial charge in [-0.2, -0.15) is 12.7 Å². The highest BCUT2D eigenvalue weighted by atomic mass is 32.2. The van der Waals surface area contributed by atoms with Crippen LogP contribution in [-0.4, -0.2) is 70.6 Å². The van der Waals surface area contributed by atoms with Gasteiger partial charge >= 0.3 is 10.3 Å². The van der Waals surface area contributed by atoms with Gasteiger partial charge < -0.3 is 21.6 Å². The number of aromatic nitrogens is 1. The lowest BCUT2D eigenvalue weighted by Crippen LogP contribution is -2.71. The molecule has 1 fully saturated rings. The number of hydrogen-bond donors (Lipinski definition) is 4. The van der Waals surface area contributed by atoms with E-state index >= 15 is 0 Å². The number of thiazole rings is 1. The van der Waals surface area contributed by atoms with Gasteiger partial charge in [-0.05, 0) is 0 Å². The summed E-state index contributed by atoms with van der Waals surface area (Å²) in [5.74, 6) is -1.49. The molecule has 15 heteroatoms. The monoisotopic (exact) mass is 424 g/mol. The lowest BCUT2D eigenvalue weighted by molar-refractivity contribution is -0.140. The van der Waals surface area contributed by atoms with Crippen molar-refractivity contribution in [1.29, 1.82) is 0 Å². The van der Waals surface area contributed by atoms with Crippen LogP contribution in [0.15, 0.2) is 10.5 Å². The first-order valence-corrected chi connectivity index (χ1v) is 10.3. The third-order valence-electron chi connectivity index (χ3n) is 3.10.